The molecule has 1 N–H and O–H groups in total. The molecule has 0 fully saturated rings. The zero-order valence-electron chi connectivity index (χ0n) is 16.9. The summed E-state index contributed by atoms with van der Waals surface area (Å²) in [5.41, 5.74) is 0. The molecule has 0 bridgehead atoms. The number of rotatable bonds is 20. The Labute approximate surface area is 152 Å². The number of hydrogen-bond acceptors (Lipinski definition) is 2. The second kappa shape index (κ2) is 21.0. The summed E-state index contributed by atoms with van der Waals surface area (Å²) in [6, 6.07) is 0. The van der Waals surface area contributed by atoms with Crippen molar-refractivity contribution >= 4 is 0 Å². The van der Waals surface area contributed by atoms with E-state index in [1.807, 2.05) is 6.92 Å². The molecule has 2 nitrogen and oxygen atoms in total. The summed E-state index contributed by atoms with van der Waals surface area (Å²) in [4.78, 5) is 0. The van der Waals surface area contributed by atoms with E-state index in [0.717, 1.165) is 6.42 Å². The number of aliphatic hydroxyl groups is 1. The molecule has 0 aromatic carbocycles. The SMILES string of the molecule is CCCCCCCCCCCCCCCCCC[C@H](CO)OCC. The van der Waals surface area contributed by atoms with Crippen LogP contribution in [0.25, 0.3) is 0 Å². The second-order valence-electron chi connectivity index (χ2n) is 7.35. The van der Waals surface area contributed by atoms with Crippen LogP contribution in [0.2, 0.25) is 0 Å². The fourth-order valence-electron chi connectivity index (χ4n) is 3.38. The van der Waals surface area contributed by atoms with Crippen molar-refractivity contribution in [2.45, 2.75) is 129 Å². The Morgan fingerprint density at radius 3 is 1.29 bits per heavy atom. The summed E-state index contributed by atoms with van der Waals surface area (Å²) >= 11 is 0. The maximum atomic E-state index is 9.16. The monoisotopic (exact) mass is 342 g/mol. The van der Waals surface area contributed by atoms with Crippen molar-refractivity contribution in [3.8, 4) is 0 Å². The van der Waals surface area contributed by atoms with Gasteiger partial charge in [-0.1, -0.05) is 110 Å². The Bertz CT molecular complexity index is 218. The molecule has 0 aliphatic carbocycles. The number of aliphatic hydroxyl groups excluding tert-OH is 1. The molecule has 0 rings (SSSR count). The van der Waals surface area contributed by atoms with Crippen molar-refractivity contribution in [2.75, 3.05) is 13.2 Å². The van der Waals surface area contributed by atoms with Crippen LogP contribution in [0.4, 0.5) is 0 Å². The molecule has 0 amide bonds. The maximum absolute atomic E-state index is 9.16. The molecular formula is C22H46O2. The van der Waals surface area contributed by atoms with Gasteiger partial charge in [0.05, 0.1) is 12.7 Å². The highest BCUT2D eigenvalue weighted by molar-refractivity contribution is 4.56. The van der Waals surface area contributed by atoms with Gasteiger partial charge in [-0.3, -0.25) is 0 Å². The van der Waals surface area contributed by atoms with Gasteiger partial charge in [-0.15, -0.1) is 0 Å². The number of unbranched alkanes of at least 4 members (excludes halogenated alkanes) is 15. The minimum atomic E-state index is 0.0710. The normalized spacial score (nSPS) is 12.6. The minimum absolute atomic E-state index is 0.0710. The van der Waals surface area contributed by atoms with E-state index < -0.39 is 0 Å². The van der Waals surface area contributed by atoms with Crippen LogP contribution in [0.15, 0.2) is 0 Å². The van der Waals surface area contributed by atoms with E-state index in [2.05, 4.69) is 6.92 Å². The first-order valence-corrected chi connectivity index (χ1v) is 11.1. The van der Waals surface area contributed by atoms with E-state index >= 15 is 0 Å². The average Bonchev–Trinajstić information content (AvgIpc) is 2.60. The molecule has 0 aromatic heterocycles. The first kappa shape index (κ1) is 23.9. The maximum Gasteiger partial charge on any atom is 0.0805 e. The van der Waals surface area contributed by atoms with Crippen molar-refractivity contribution < 1.29 is 9.84 Å². The van der Waals surface area contributed by atoms with E-state index in [-0.39, 0.29) is 12.7 Å². The number of ether oxygens (including phenoxy) is 1. The molecule has 0 spiro atoms. The first-order chi connectivity index (χ1) is 11.8. The molecule has 0 aliphatic rings. The van der Waals surface area contributed by atoms with E-state index in [0.29, 0.717) is 6.61 Å². The van der Waals surface area contributed by atoms with Crippen LogP contribution in [0, 0.1) is 0 Å². The molecule has 0 unspecified atom stereocenters. The third kappa shape index (κ3) is 18.3. The van der Waals surface area contributed by atoms with Crippen LogP contribution < -0.4 is 0 Å². The summed E-state index contributed by atoms with van der Waals surface area (Å²) in [7, 11) is 0. The van der Waals surface area contributed by atoms with Crippen LogP contribution in [-0.2, 0) is 4.74 Å². The summed E-state index contributed by atoms with van der Waals surface area (Å²) < 4.78 is 5.47. The van der Waals surface area contributed by atoms with Crippen LogP contribution in [0.5, 0.6) is 0 Å². The van der Waals surface area contributed by atoms with Gasteiger partial charge in [0, 0.05) is 6.61 Å². The largest absolute Gasteiger partial charge is 0.394 e. The lowest BCUT2D eigenvalue weighted by Gasteiger charge is -2.13. The minimum Gasteiger partial charge on any atom is -0.394 e. The summed E-state index contributed by atoms with van der Waals surface area (Å²) in [5.74, 6) is 0. The van der Waals surface area contributed by atoms with Gasteiger partial charge in [-0.2, -0.15) is 0 Å². The molecule has 0 radical (unpaired) electrons. The fourth-order valence-corrected chi connectivity index (χ4v) is 3.38. The molecule has 0 saturated carbocycles. The van der Waals surface area contributed by atoms with Gasteiger partial charge >= 0.3 is 0 Å². The van der Waals surface area contributed by atoms with Crippen LogP contribution in [0.1, 0.15) is 123 Å². The second-order valence-corrected chi connectivity index (χ2v) is 7.35. The molecule has 1 atom stereocenters. The Kier molecular flexibility index (Phi) is 20.9. The van der Waals surface area contributed by atoms with Crippen molar-refractivity contribution in [1.82, 2.24) is 0 Å². The standard InChI is InChI=1S/C22H46O2/c1-3-5-6-7-8-9-10-11-12-13-14-15-16-17-18-19-20-22(21-23)24-4-2/h22-23H,3-21H2,1-2H3/t22-/m1/s1. The van der Waals surface area contributed by atoms with Gasteiger partial charge in [-0.05, 0) is 13.3 Å². The molecule has 24 heavy (non-hydrogen) atoms. The molecule has 146 valence electrons. The quantitative estimate of drug-likeness (QED) is 0.240. The molecule has 0 aliphatic heterocycles. The van der Waals surface area contributed by atoms with E-state index in [1.54, 1.807) is 0 Å². The van der Waals surface area contributed by atoms with Gasteiger partial charge in [-0.25, -0.2) is 0 Å². The highest BCUT2D eigenvalue weighted by atomic mass is 16.5. The Balaban J connectivity index is 3.07. The molecule has 0 aromatic rings. The Morgan fingerprint density at radius 2 is 0.958 bits per heavy atom. The average molecular weight is 343 g/mol. The van der Waals surface area contributed by atoms with Gasteiger partial charge in [0.25, 0.3) is 0 Å². The van der Waals surface area contributed by atoms with Crippen molar-refractivity contribution in [1.29, 1.82) is 0 Å². The lowest BCUT2D eigenvalue weighted by molar-refractivity contribution is 0.0136. The summed E-state index contributed by atoms with van der Waals surface area (Å²) in [6.45, 7) is 5.17. The van der Waals surface area contributed by atoms with Crippen LogP contribution in [-0.4, -0.2) is 24.4 Å². The van der Waals surface area contributed by atoms with Gasteiger partial charge in [0.1, 0.15) is 0 Å². The topological polar surface area (TPSA) is 29.5 Å². The van der Waals surface area contributed by atoms with E-state index in [9.17, 15) is 0 Å². The van der Waals surface area contributed by atoms with Gasteiger partial charge < -0.3 is 9.84 Å². The Morgan fingerprint density at radius 1 is 0.583 bits per heavy atom. The van der Waals surface area contributed by atoms with Crippen molar-refractivity contribution in [3.63, 3.8) is 0 Å². The number of hydrogen-bond donors (Lipinski definition) is 1. The lowest BCUT2D eigenvalue weighted by atomic mass is 10.0. The zero-order valence-corrected chi connectivity index (χ0v) is 16.9. The molecule has 0 saturated heterocycles. The third-order valence-electron chi connectivity index (χ3n) is 4.99. The smallest absolute Gasteiger partial charge is 0.0805 e. The van der Waals surface area contributed by atoms with E-state index in [4.69, 9.17) is 9.84 Å². The zero-order chi connectivity index (χ0) is 17.7. The molecular weight excluding hydrogens is 296 g/mol. The van der Waals surface area contributed by atoms with E-state index in [1.165, 1.54) is 103 Å². The summed E-state index contributed by atoms with van der Waals surface area (Å²) in [5, 5.41) is 9.16. The fraction of sp³-hybridized carbons (Fsp3) is 1.00. The van der Waals surface area contributed by atoms with Gasteiger partial charge in [0.2, 0.25) is 0 Å². The Hall–Kier alpha value is -0.0800. The highest BCUT2D eigenvalue weighted by Gasteiger charge is 2.05. The predicted molar refractivity (Wildman–Crippen MR) is 107 cm³/mol. The first-order valence-electron chi connectivity index (χ1n) is 11.1. The predicted octanol–water partition coefficient (Wildman–Crippen LogP) is 7.04. The van der Waals surface area contributed by atoms with Crippen molar-refractivity contribution in [3.05, 3.63) is 0 Å². The molecule has 0 heterocycles. The molecule has 2 heteroatoms. The van der Waals surface area contributed by atoms with Crippen LogP contribution >= 0.6 is 0 Å². The van der Waals surface area contributed by atoms with Crippen LogP contribution in [0.3, 0.4) is 0 Å². The third-order valence-corrected chi connectivity index (χ3v) is 4.99. The lowest BCUT2D eigenvalue weighted by Crippen LogP contribution is -2.17. The van der Waals surface area contributed by atoms with Crippen molar-refractivity contribution in [2.24, 2.45) is 0 Å². The highest BCUT2D eigenvalue weighted by Crippen LogP contribution is 2.14. The summed E-state index contributed by atoms with van der Waals surface area (Å²) in [6.07, 6.45) is 23.5. The van der Waals surface area contributed by atoms with Gasteiger partial charge in [0.15, 0.2) is 0 Å².